The molecule has 0 aromatic carbocycles. The summed E-state index contributed by atoms with van der Waals surface area (Å²) >= 11 is 5.69. The normalized spacial score (nSPS) is 27.6. The largest absolute Gasteiger partial charge is 0.399 e. The first kappa shape index (κ1) is 5.70. The van der Waals surface area contributed by atoms with E-state index in [1.54, 1.807) is 0 Å². The van der Waals surface area contributed by atoms with Crippen molar-refractivity contribution in [3.05, 3.63) is 23.9 Å². The van der Waals surface area contributed by atoms with E-state index in [1.165, 1.54) is 0 Å². The van der Waals surface area contributed by atoms with Crippen LogP contribution < -0.4 is 5.73 Å². The molecule has 0 fully saturated rings. The van der Waals surface area contributed by atoms with Gasteiger partial charge in [0.1, 0.15) is 0 Å². The van der Waals surface area contributed by atoms with Gasteiger partial charge in [0, 0.05) is 5.70 Å². The Kier molecular flexibility index (Phi) is 1.59. The molecule has 1 atom stereocenters. The van der Waals surface area contributed by atoms with Crippen molar-refractivity contribution >= 4 is 11.6 Å². The predicted molar refractivity (Wildman–Crippen MR) is 35.7 cm³/mol. The highest BCUT2D eigenvalue weighted by atomic mass is 35.5. The van der Waals surface area contributed by atoms with Crippen molar-refractivity contribution in [2.45, 2.75) is 11.8 Å². The SMILES string of the molecule is NC1=CC[C@H](Cl)C=C1. The first-order chi connectivity index (χ1) is 3.79. The summed E-state index contributed by atoms with van der Waals surface area (Å²) < 4.78 is 0. The van der Waals surface area contributed by atoms with Crippen LogP contribution >= 0.6 is 11.6 Å². The second-order valence-electron chi connectivity index (χ2n) is 1.81. The van der Waals surface area contributed by atoms with Crippen molar-refractivity contribution in [2.24, 2.45) is 5.73 Å². The average Bonchev–Trinajstić information content (AvgIpc) is 1.77. The summed E-state index contributed by atoms with van der Waals surface area (Å²) in [6.45, 7) is 0. The van der Waals surface area contributed by atoms with Gasteiger partial charge in [0.15, 0.2) is 0 Å². The lowest BCUT2D eigenvalue weighted by atomic mass is 10.1. The molecule has 1 rings (SSSR count). The molecular weight excluding hydrogens is 122 g/mol. The van der Waals surface area contributed by atoms with E-state index >= 15 is 0 Å². The first-order valence-corrected chi connectivity index (χ1v) is 3.00. The van der Waals surface area contributed by atoms with Gasteiger partial charge in [-0.15, -0.1) is 11.6 Å². The molecule has 0 aromatic heterocycles. The number of nitrogens with two attached hydrogens (primary N) is 1. The number of hydrogen-bond donors (Lipinski definition) is 1. The van der Waals surface area contributed by atoms with Gasteiger partial charge in [-0.3, -0.25) is 0 Å². The second-order valence-corrected chi connectivity index (χ2v) is 2.38. The maximum absolute atomic E-state index is 5.69. The standard InChI is InChI=1S/C6H8ClN/c7-5-1-3-6(8)4-2-5/h1,3-5H,2,8H2/t5-/m1/s1. The zero-order chi connectivity index (χ0) is 5.98. The van der Waals surface area contributed by atoms with Gasteiger partial charge < -0.3 is 5.73 Å². The Bertz CT molecular complexity index is 137. The molecule has 8 heavy (non-hydrogen) atoms. The molecule has 0 heterocycles. The molecule has 0 aromatic rings. The highest BCUT2D eigenvalue weighted by Crippen LogP contribution is 2.11. The van der Waals surface area contributed by atoms with Crippen LogP contribution in [0.1, 0.15) is 6.42 Å². The summed E-state index contributed by atoms with van der Waals surface area (Å²) in [7, 11) is 0. The molecule has 1 aliphatic carbocycles. The molecule has 0 radical (unpaired) electrons. The Morgan fingerprint density at radius 3 is 2.88 bits per heavy atom. The molecule has 0 saturated heterocycles. The topological polar surface area (TPSA) is 26.0 Å². The third-order valence-electron chi connectivity index (χ3n) is 1.08. The van der Waals surface area contributed by atoms with Crippen molar-refractivity contribution in [2.75, 3.05) is 0 Å². The lowest BCUT2D eigenvalue weighted by Crippen LogP contribution is -2.02. The predicted octanol–water partition coefficient (Wildman–Crippen LogP) is 1.40. The summed E-state index contributed by atoms with van der Waals surface area (Å²) in [5, 5.41) is 0.155. The van der Waals surface area contributed by atoms with Crippen LogP contribution in [-0.2, 0) is 0 Å². The van der Waals surface area contributed by atoms with Gasteiger partial charge in [-0.2, -0.15) is 0 Å². The van der Waals surface area contributed by atoms with Crippen molar-refractivity contribution in [1.29, 1.82) is 0 Å². The van der Waals surface area contributed by atoms with Crippen LogP contribution in [0.3, 0.4) is 0 Å². The van der Waals surface area contributed by atoms with E-state index in [2.05, 4.69) is 0 Å². The Labute approximate surface area is 53.8 Å². The quantitative estimate of drug-likeness (QED) is 0.492. The molecule has 0 unspecified atom stereocenters. The Hall–Kier alpha value is -0.430. The van der Waals surface area contributed by atoms with Crippen molar-refractivity contribution in [3.63, 3.8) is 0 Å². The second kappa shape index (κ2) is 2.23. The molecule has 44 valence electrons. The minimum atomic E-state index is 0.155. The Morgan fingerprint density at radius 1 is 1.75 bits per heavy atom. The number of halogens is 1. The number of alkyl halides is 1. The fourth-order valence-electron chi connectivity index (χ4n) is 0.611. The minimum absolute atomic E-state index is 0.155. The van der Waals surface area contributed by atoms with Crippen molar-refractivity contribution in [3.8, 4) is 0 Å². The zero-order valence-corrected chi connectivity index (χ0v) is 5.23. The van der Waals surface area contributed by atoms with Crippen molar-refractivity contribution in [1.82, 2.24) is 0 Å². The maximum Gasteiger partial charge on any atom is 0.0555 e. The van der Waals surface area contributed by atoms with Crippen LogP contribution in [0.4, 0.5) is 0 Å². The third kappa shape index (κ3) is 1.27. The van der Waals surface area contributed by atoms with Crippen LogP contribution in [0.25, 0.3) is 0 Å². The summed E-state index contributed by atoms with van der Waals surface area (Å²) in [5.41, 5.74) is 6.23. The molecule has 0 bridgehead atoms. The molecule has 0 spiro atoms. The van der Waals surface area contributed by atoms with Gasteiger partial charge in [0.2, 0.25) is 0 Å². The van der Waals surface area contributed by atoms with E-state index in [-0.39, 0.29) is 5.38 Å². The van der Waals surface area contributed by atoms with Gasteiger partial charge in [0.05, 0.1) is 5.38 Å². The van der Waals surface area contributed by atoms with E-state index in [0.717, 1.165) is 12.1 Å². The van der Waals surface area contributed by atoms with Gasteiger partial charge in [0.25, 0.3) is 0 Å². The van der Waals surface area contributed by atoms with Gasteiger partial charge >= 0.3 is 0 Å². The van der Waals surface area contributed by atoms with Crippen molar-refractivity contribution < 1.29 is 0 Å². The molecule has 0 saturated carbocycles. The van der Waals surface area contributed by atoms with Gasteiger partial charge in [-0.05, 0) is 12.5 Å². The van der Waals surface area contributed by atoms with E-state index in [4.69, 9.17) is 17.3 Å². The fraction of sp³-hybridized carbons (Fsp3) is 0.333. The fourth-order valence-corrected chi connectivity index (χ4v) is 0.773. The minimum Gasteiger partial charge on any atom is -0.399 e. The molecule has 1 aliphatic rings. The lowest BCUT2D eigenvalue weighted by Gasteiger charge is -2.04. The van der Waals surface area contributed by atoms with Crippen LogP contribution in [-0.4, -0.2) is 5.38 Å². The molecule has 0 aliphatic heterocycles. The van der Waals surface area contributed by atoms with E-state index in [0.29, 0.717) is 0 Å². The average molecular weight is 130 g/mol. The smallest absolute Gasteiger partial charge is 0.0555 e. The van der Waals surface area contributed by atoms with E-state index < -0.39 is 0 Å². The first-order valence-electron chi connectivity index (χ1n) is 2.57. The zero-order valence-electron chi connectivity index (χ0n) is 4.47. The van der Waals surface area contributed by atoms with Gasteiger partial charge in [-0.25, -0.2) is 0 Å². The lowest BCUT2D eigenvalue weighted by molar-refractivity contribution is 1.02. The monoisotopic (exact) mass is 129 g/mol. The summed E-state index contributed by atoms with van der Waals surface area (Å²) in [6.07, 6.45) is 6.53. The molecule has 0 amide bonds. The summed E-state index contributed by atoms with van der Waals surface area (Å²) in [5.74, 6) is 0. The van der Waals surface area contributed by atoms with Crippen LogP contribution in [0, 0.1) is 0 Å². The third-order valence-corrected chi connectivity index (χ3v) is 1.40. The van der Waals surface area contributed by atoms with Gasteiger partial charge in [-0.1, -0.05) is 12.2 Å². The highest BCUT2D eigenvalue weighted by Gasteiger charge is 2.00. The van der Waals surface area contributed by atoms with E-state index in [9.17, 15) is 0 Å². The van der Waals surface area contributed by atoms with Crippen LogP contribution in [0.5, 0.6) is 0 Å². The Morgan fingerprint density at radius 2 is 2.50 bits per heavy atom. The molecule has 2 N–H and O–H groups in total. The number of rotatable bonds is 0. The summed E-state index contributed by atoms with van der Waals surface area (Å²) in [4.78, 5) is 0. The summed E-state index contributed by atoms with van der Waals surface area (Å²) in [6, 6.07) is 0. The Balaban J connectivity index is 2.58. The molecule has 2 heteroatoms. The van der Waals surface area contributed by atoms with E-state index in [1.807, 2.05) is 18.2 Å². The molecular formula is C6H8ClN. The number of hydrogen-bond acceptors (Lipinski definition) is 1. The number of allylic oxidation sites excluding steroid dienone is 3. The highest BCUT2D eigenvalue weighted by molar-refractivity contribution is 6.22. The van der Waals surface area contributed by atoms with Crippen LogP contribution in [0.15, 0.2) is 23.9 Å². The van der Waals surface area contributed by atoms with Crippen LogP contribution in [0.2, 0.25) is 0 Å². The maximum atomic E-state index is 5.69. The molecule has 1 nitrogen and oxygen atoms in total.